The zero-order valence-corrected chi connectivity index (χ0v) is 11.0. The lowest BCUT2D eigenvalue weighted by Crippen LogP contribution is -2.00. The predicted molar refractivity (Wildman–Crippen MR) is 78.0 cm³/mol. The van der Waals surface area contributed by atoms with Gasteiger partial charge in [0.15, 0.2) is 5.82 Å². The van der Waals surface area contributed by atoms with Gasteiger partial charge in [0.05, 0.1) is 11.9 Å². The van der Waals surface area contributed by atoms with E-state index in [1.54, 1.807) is 18.6 Å². The van der Waals surface area contributed by atoms with Crippen molar-refractivity contribution in [1.29, 1.82) is 0 Å². The lowest BCUT2D eigenvalue weighted by Gasteiger charge is -2.07. The minimum Gasteiger partial charge on any atom is -0.373 e. The molecule has 5 nitrogen and oxygen atoms in total. The van der Waals surface area contributed by atoms with Crippen LogP contribution in [0.5, 0.6) is 0 Å². The number of hydrogen-bond donors (Lipinski definition) is 1. The summed E-state index contributed by atoms with van der Waals surface area (Å²) in [4.78, 5) is 17.3. The second-order valence-electron chi connectivity index (χ2n) is 4.17. The normalized spacial score (nSPS) is 10.2. The Labute approximate surface area is 116 Å². The van der Waals surface area contributed by atoms with Gasteiger partial charge in [0.1, 0.15) is 11.5 Å². The van der Waals surface area contributed by atoms with E-state index in [9.17, 15) is 0 Å². The van der Waals surface area contributed by atoms with E-state index >= 15 is 0 Å². The summed E-state index contributed by atoms with van der Waals surface area (Å²) < 4.78 is 0. The summed E-state index contributed by atoms with van der Waals surface area (Å²) in [6.07, 6.45) is 4.92. The third-order valence-electron chi connectivity index (χ3n) is 2.84. The summed E-state index contributed by atoms with van der Waals surface area (Å²) in [5.74, 6) is 1.31. The van der Waals surface area contributed by atoms with E-state index in [2.05, 4.69) is 25.3 Å². The molecular weight excluding hydrogens is 250 g/mol. The third kappa shape index (κ3) is 2.47. The van der Waals surface area contributed by atoms with Crippen molar-refractivity contribution in [3.63, 3.8) is 0 Å². The predicted octanol–water partition coefficient (Wildman–Crippen LogP) is 2.64. The molecule has 0 aliphatic heterocycles. The monoisotopic (exact) mass is 263 g/mol. The maximum atomic E-state index is 4.57. The Morgan fingerprint density at radius 2 is 1.80 bits per heavy atom. The van der Waals surface area contributed by atoms with E-state index in [1.807, 2.05) is 43.4 Å². The van der Waals surface area contributed by atoms with Crippen molar-refractivity contribution in [1.82, 2.24) is 19.9 Å². The number of nitrogens with one attached hydrogen (secondary N) is 1. The molecule has 2 aromatic heterocycles. The highest BCUT2D eigenvalue weighted by Crippen LogP contribution is 2.22. The topological polar surface area (TPSA) is 63.6 Å². The van der Waals surface area contributed by atoms with Gasteiger partial charge in [-0.15, -0.1) is 0 Å². The Morgan fingerprint density at radius 3 is 2.50 bits per heavy atom. The van der Waals surface area contributed by atoms with Gasteiger partial charge in [-0.3, -0.25) is 4.98 Å². The average molecular weight is 263 g/mol. The molecule has 0 bridgehead atoms. The van der Waals surface area contributed by atoms with Crippen molar-refractivity contribution in [3.8, 4) is 22.8 Å². The van der Waals surface area contributed by atoms with Crippen LogP contribution in [0.25, 0.3) is 22.8 Å². The highest BCUT2D eigenvalue weighted by atomic mass is 15.0. The minimum atomic E-state index is 0.559. The Balaban J connectivity index is 2.13. The van der Waals surface area contributed by atoms with Gasteiger partial charge in [0, 0.05) is 31.1 Å². The van der Waals surface area contributed by atoms with Crippen LogP contribution in [0, 0.1) is 0 Å². The quantitative estimate of drug-likeness (QED) is 0.787. The highest BCUT2D eigenvalue weighted by molar-refractivity contribution is 5.65. The lowest BCUT2D eigenvalue weighted by molar-refractivity contribution is 1.11. The number of rotatable bonds is 3. The summed E-state index contributed by atoms with van der Waals surface area (Å²) in [6, 6.07) is 11.9. The summed E-state index contributed by atoms with van der Waals surface area (Å²) in [6.45, 7) is 0. The van der Waals surface area contributed by atoms with Gasteiger partial charge < -0.3 is 5.32 Å². The van der Waals surface area contributed by atoms with Crippen molar-refractivity contribution in [2.45, 2.75) is 0 Å². The zero-order valence-electron chi connectivity index (χ0n) is 11.0. The SMILES string of the molecule is CNc1cc(-c2ccccc2)nc(-c2cnccn2)n1. The molecule has 2 heterocycles. The van der Waals surface area contributed by atoms with E-state index in [0.29, 0.717) is 11.5 Å². The molecule has 0 saturated carbocycles. The first-order chi connectivity index (χ1) is 9.86. The van der Waals surface area contributed by atoms with Crippen molar-refractivity contribution in [3.05, 3.63) is 55.0 Å². The largest absolute Gasteiger partial charge is 0.373 e. The third-order valence-corrected chi connectivity index (χ3v) is 2.84. The van der Waals surface area contributed by atoms with Crippen molar-refractivity contribution in [2.24, 2.45) is 0 Å². The van der Waals surface area contributed by atoms with Gasteiger partial charge in [-0.05, 0) is 0 Å². The van der Waals surface area contributed by atoms with Crippen molar-refractivity contribution >= 4 is 5.82 Å². The van der Waals surface area contributed by atoms with Crippen LogP contribution in [0.3, 0.4) is 0 Å². The van der Waals surface area contributed by atoms with Gasteiger partial charge in [-0.25, -0.2) is 15.0 Å². The Kier molecular flexibility index (Phi) is 3.33. The Morgan fingerprint density at radius 1 is 0.950 bits per heavy atom. The average Bonchev–Trinajstić information content (AvgIpc) is 2.56. The van der Waals surface area contributed by atoms with Crippen molar-refractivity contribution in [2.75, 3.05) is 12.4 Å². The lowest BCUT2D eigenvalue weighted by atomic mass is 10.1. The summed E-state index contributed by atoms with van der Waals surface area (Å²) in [5, 5.41) is 3.05. The number of nitrogens with zero attached hydrogens (tertiary/aromatic N) is 4. The van der Waals surface area contributed by atoms with Crippen LogP contribution in [0.15, 0.2) is 55.0 Å². The molecule has 20 heavy (non-hydrogen) atoms. The van der Waals surface area contributed by atoms with Crippen LogP contribution in [-0.2, 0) is 0 Å². The van der Waals surface area contributed by atoms with Crippen LogP contribution in [-0.4, -0.2) is 27.0 Å². The molecule has 98 valence electrons. The summed E-state index contributed by atoms with van der Waals surface area (Å²) >= 11 is 0. The van der Waals surface area contributed by atoms with E-state index in [1.165, 1.54) is 0 Å². The van der Waals surface area contributed by atoms with Crippen LogP contribution in [0.1, 0.15) is 0 Å². The first kappa shape index (κ1) is 12.2. The molecule has 0 aliphatic rings. The zero-order chi connectivity index (χ0) is 13.8. The molecule has 0 spiro atoms. The first-order valence-electron chi connectivity index (χ1n) is 6.25. The number of hydrogen-bond acceptors (Lipinski definition) is 5. The smallest absolute Gasteiger partial charge is 0.182 e. The van der Waals surface area contributed by atoms with E-state index in [0.717, 1.165) is 17.1 Å². The Bertz CT molecular complexity index is 640. The maximum Gasteiger partial charge on any atom is 0.182 e. The number of anilines is 1. The molecule has 0 aliphatic carbocycles. The van der Waals surface area contributed by atoms with E-state index in [-0.39, 0.29) is 0 Å². The molecule has 3 aromatic rings. The molecule has 1 N–H and O–H groups in total. The molecule has 0 unspecified atom stereocenters. The molecular formula is C15H13N5. The van der Waals surface area contributed by atoms with Crippen LogP contribution >= 0.6 is 0 Å². The van der Waals surface area contributed by atoms with Crippen molar-refractivity contribution < 1.29 is 0 Å². The molecule has 0 amide bonds. The number of aromatic nitrogens is 4. The first-order valence-corrected chi connectivity index (χ1v) is 6.25. The second kappa shape index (κ2) is 5.44. The van der Waals surface area contributed by atoms with Crippen LogP contribution in [0.2, 0.25) is 0 Å². The molecule has 0 atom stereocenters. The Hall–Kier alpha value is -2.82. The molecule has 1 aromatic carbocycles. The van der Waals surface area contributed by atoms with E-state index < -0.39 is 0 Å². The maximum absolute atomic E-state index is 4.57. The second-order valence-corrected chi connectivity index (χ2v) is 4.17. The molecule has 0 saturated heterocycles. The number of benzene rings is 1. The summed E-state index contributed by atoms with van der Waals surface area (Å²) in [5.41, 5.74) is 2.55. The molecule has 0 radical (unpaired) electrons. The highest BCUT2D eigenvalue weighted by Gasteiger charge is 2.08. The minimum absolute atomic E-state index is 0.559. The fourth-order valence-electron chi connectivity index (χ4n) is 1.86. The van der Waals surface area contributed by atoms with Crippen LogP contribution < -0.4 is 5.32 Å². The van der Waals surface area contributed by atoms with Crippen LogP contribution in [0.4, 0.5) is 5.82 Å². The van der Waals surface area contributed by atoms with Gasteiger partial charge in [-0.2, -0.15) is 0 Å². The molecule has 3 rings (SSSR count). The molecule has 5 heteroatoms. The summed E-state index contributed by atoms with van der Waals surface area (Å²) in [7, 11) is 1.83. The van der Waals surface area contributed by atoms with Gasteiger partial charge in [0.2, 0.25) is 0 Å². The standard InChI is InChI=1S/C15H13N5/c1-16-14-9-12(11-5-3-2-4-6-11)19-15(20-14)13-10-17-7-8-18-13/h2-10H,1H3,(H,16,19,20). The molecule has 0 fully saturated rings. The van der Waals surface area contributed by atoms with Gasteiger partial charge in [-0.1, -0.05) is 30.3 Å². The van der Waals surface area contributed by atoms with E-state index in [4.69, 9.17) is 0 Å². The fourth-order valence-corrected chi connectivity index (χ4v) is 1.86. The van der Waals surface area contributed by atoms with Gasteiger partial charge in [0.25, 0.3) is 0 Å². The fraction of sp³-hybridized carbons (Fsp3) is 0.0667. The van der Waals surface area contributed by atoms with Gasteiger partial charge >= 0.3 is 0 Å².